The molecule has 0 spiro atoms. The minimum Gasteiger partial charge on any atom is -0.329 e. The predicted octanol–water partition coefficient (Wildman–Crippen LogP) is 2.40. The Balaban J connectivity index is 2.53. The molecule has 1 aromatic heterocycles. The van der Waals surface area contributed by atoms with Crippen molar-refractivity contribution in [1.29, 1.82) is 0 Å². The van der Waals surface area contributed by atoms with E-state index < -0.39 is 0 Å². The van der Waals surface area contributed by atoms with Crippen LogP contribution in [0.2, 0.25) is 4.34 Å². The van der Waals surface area contributed by atoms with Crippen molar-refractivity contribution in [3.8, 4) is 0 Å². The van der Waals surface area contributed by atoms with E-state index in [2.05, 4.69) is 19.2 Å². The summed E-state index contributed by atoms with van der Waals surface area (Å²) < 4.78 is 0.837. The first-order chi connectivity index (χ1) is 6.13. The summed E-state index contributed by atoms with van der Waals surface area (Å²) in [7, 11) is 0. The van der Waals surface area contributed by atoms with Crippen LogP contribution in [0.15, 0.2) is 12.1 Å². The van der Waals surface area contributed by atoms with Gasteiger partial charge in [0.25, 0.3) is 0 Å². The van der Waals surface area contributed by atoms with E-state index in [0.717, 1.165) is 4.34 Å². The van der Waals surface area contributed by atoms with Crippen LogP contribution in [0.1, 0.15) is 24.8 Å². The number of nitrogens with two attached hydrogens (primary N) is 1. The number of hydrogen-bond donors (Lipinski definition) is 2. The molecule has 4 heteroatoms. The summed E-state index contributed by atoms with van der Waals surface area (Å²) in [4.78, 5) is 1.25. The number of thiophene rings is 1. The van der Waals surface area contributed by atoms with Crippen LogP contribution in [0.4, 0.5) is 0 Å². The molecule has 0 radical (unpaired) electrons. The maximum Gasteiger partial charge on any atom is 0.0931 e. The molecule has 0 amide bonds. The van der Waals surface area contributed by atoms with Gasteiger partial charge in [0.2, 0.25) is 0 Å². The van der Waals surface area contributed by atoms with Crippen molar-refractivity contribution in [2.45, 2.75) is 25.9 Å². The van der Waals surface area contributed by atoms with Crippen LogP contribution in [0.3, 0.4) is 0 Å². The van der Waals surface area contributed by atoms with E-state index in [1.807, 2.05) is 12.1 Å². The Kier molecular flexibility index (Phi) is 4.19. The zero-order valence-corrected chi connectivity index (χ0v) is 9.45. The molecule has 0 fully saturated rings. The van der Waals surface area contributed by atoms with Gasteiger partial charge in [0, 0.05) is 23.5 Å². The Morgan fingerprint density at radius 1 is 1.54 bits per heavy atom. The first-order valence-electron chi connectivity index (χ1n) is 4.35. The van der Waals surface area contributed by atoms with E-state index in [1.165, 1.54) is 4.88 Å². The smallest absolute Gasteiger partial charge is 0.0931 e. The normalized spacial score (nSPS) is 15.7. The van der Waals surface area contributed by atoms with Gasteiger partial charge in [-0.3, -0.25) is 0 Å². The monoisotopic (exact) mass is 218 g/mol. The molecule has 0 bridgehead atoms. The van der Waals surface area contributed by atoms with Gasteiger partial charge in [-0.2, -0.15) is 0 Å². The molecule has 1 aromatic rings. The number of halogens is 1. The van der Waals surface area contributed by atoms with E-state index in [9.17, 15) is 0 Å². The lowest BCUT2D eigenvalue weighted by Crippen LogP contribution is -2.34. The third-order valence-electron chi connectivity index (χ3n) is 1.91. The van der Waals surface area contributed by atoms with Crippen LogP contribution in [-0.4, -0.2) is 12.6 Å². The molecule has 0 aliphatic carbocycles. The highest BCUT2D eigenvalue weighted by molar-refractivity contribution is 7.16. The third-order valence-corrected chi connectivity index (χ3v) is 3.32. The van der Waals surface area contributed by atoms with Crippen molar-refractivity contribution in [2.24, 2.45) is 5.73 Å². The zero-order chi connectivity index (χ0) is 9.84. The third kappa shape index (κ3) is 3.27. The summed E-state index contributed by atoms with van der Waals surface area (Å²) in [6, 6.07) is 4.65. The molecular formula is C9H15ClN2S. The Morgan fingerprint density at radius 2 is 2.23 bits per heavy atom. The van der Waals surface area contributed by atoms with Crippen molar-refractivity contribution < 1.29 is 0 Å². The topological polar surface area (TPSA) is 38.0 Å². The lowest BCUT2D eigenvalue weighted by atomic mass is 10.2. The van der Waals surface area contributed by atoms with Gasteiger partial charge in [-0.25, -0.2) is 0 Å². The van der Waals surface area contributed by atoms with E-state index in [4.69, 9.17) is 17.3 Å². The van der Waals surface area contributed by atoms with Gasteiger partial charge in [-0.1, -0.05) is 11.6 Å². The SMILES string of the molecule is CC(CN)NC(C)c1ccc(Cl)s1. The van der Waals surface area contributed by atoms with Gasteiger partial charge < -0.3 is 11.1 Å². The molecule has 0 saturated heterocycles. The molecular weight excluding hydrogens is 204 g/mol. The first kappa shape index (κ1) is 11.0. The van der Waals surface area contributed by atoms with Crippen LogP contribution >= 0.6 is 22.9 Å². The standard InChI is InChI=1S/C9H15ClN2S/c1-6(5-11)12-7(2)8-3-4-9(10)13-8/h3-4,6-7,12H,5,11H2,1-2H3. The quantitative estimate of drug-likeness (QED) is 0.815. The largest absolute Gasteiger partial charge is 0.329 e. The van der Waals surface area contributed by atoms with Crippen LogP contribution in [0.5, 0.6) is 0 Å². The molecule has 2 nitrogen and oxygen atoms in total. The summed E-state index contributed by atoms with van der Waals surface area (Å²) in [5, 5.41) is 3.39. The second-order valence-electron chi connectivity index (χ2n) is 3.17. The van der Waals surface area contributed by atoms with Gasteiger partial charge in [-0.05, 0) is 26.0 Å². The molecule has 1 rings (SSSR count). The van der Waals surface area contributed by atoms with Crippen molar-refractivity contribution >= 4 is 22.9 Å². The second kappa shape index (κ2) is 4.96. The lowest BCUT2D eigenvalue weighted by Gasteiger charge is -2.17. The Hall–Kier alpha value is -0.0900. The molecule has 13 heavy (non-hydrogen) atoms. The first-order valence-corrected chi connectivity index (χ1v) is 5.54. The van der Waals surface area contributed by atoms with Crippen molar-refractivity contribution in [1.82, 2.24) is 5.32 Å². The van der Waals surface area contributed by atoms with Crippen molar-refractivity contribution in [3.05, 3.63) is 21.3 Å². The minimum atomic E-state index is 0.330. The highest BCUT2D eigenvalue weighted by Crippen LogP contribution is 2.26. The fourth-order valence-electron chi connectivity index (χ4n) is 1.14. The van der Waals surface area contributed by atoms with Crippen molar-refractivity contribution in [2.75, 3.05) is 6.54 Å². The van der Waals surface area contributed by atoms with Crippen LogP contribution in [-0.2, 0) is 0 Å². The van der Waals surface area contributed by atoms with Crippen LogP contribution < -0.4 is 11.1 Å². The highest BCUT2D eigenvalue weighted by atomic mass is 35.5. The van der Waals surface area contributed by atoms with Crippen LogP contribution in [0, 0.1) is 0 Å². The molecule has 74 valence electrons. The fraction of sp³-hybridized carbons (Fsp3) is 0.556. The summed E-state index contributed by atoms with van der Waals surface area (Å²) >= 11 is 7.45. The highest BCUT2D eigenvalue weighted by Gasteiger charge is 2.09. The Bertz CT molecular complexity index is 262. The Morgan fingerprint density at radius 3 is 2.69 bits per heavy atom. The molecule has 0 aliphatic rings. The molecule has 1 heterocycles. The average molecular weight is 219 g/mol. The molecule has 2 atom stereocenters. The maximum atomic E-state index is 5.84. The minimum absolute atomic E-state index is 0.330. The second-order valence-corrected chi connectivity index (χ2v) is 4.91. The summed E-state index contributed by atoms with van der Waals surface area (Å²) in [6.07, 6.45) is 0. The van der Waals surface area contributed by atoms with Gasteiger partial charge >= 0.3 is 0 Å². The van der Waals surface area contributed by atoms with E-state index in [-0.39, 0.29) is 0 Å². The molecule has 0 aromatic carbocycles. The molecule has 0 saturated carbocycles. The maximum absolute atomic E-state index is 5.84. The number of rotatable bonds is 4. The van der Waals surface area contributed by atoms with Gasteiger partial charge in [-0.15, -0.1) is 11.3 Å². The van der Waals surface area contributed by atoms with Gasteiger partial charge in [0.1, 0.15) is 0 Å². The predicted molar refractivity (Wildman–Crippen MR) is 59.4 cm³/mol. The molecule has 2 unspecified atom stereocenters. The van der Waals surface area contributed by atoms with E-state index in [0.29, 0.717) is 18.6 Å². The van der Waals surface area contributed by atoms with Crippen molar-refractivity contribution in [3.63, 3.8) is 0 Å². The fourth-order valence-corrected chi connectivity index (χ4v) is 2.21. The summed E-state index contributed by atoms with van der Waals surface area (Å²) in [5.41, 5.74) is 5.52. The van der Waals surface area contributed by atoms with Crippen LogP contribution in [0.25, 0.3) is 0 Å². The average Bonchev–Trinajstić information content (AvgIpc) is 2.51. The van der Waals surface area contributed by atoms with E-state index >= 15 is 0 Å². The zero-order valence-electron chi connectivity index (χ0n) is 7.88. The molecule has 0 aliphatic heterocycles. The number of hydrogen-bond acceptors (Lipinski definition) is 3. The Labute approximate surface area is 88.1 Å². The van der Waals surface area contributed by atoms with Gasteiger partial charge in [0.15, 0.2) is 0 Å². The van der Waals surface area contributed by atoms with Gasteiger partial charge in [0.05, 0.1) is 4.34 Å². The molecule has 3 N–H and O–H groups in total. The summed E-state index contributed by atoms with van der Waals surface area (Å²) in [6.45, 7) is 4.85. The van der Waals surface area contributed by atoms with E-state index in [1.54, 1.807) is 11.3 Å². The summed E-state index contributed by atoms with van der Waals surface area (Å²) in [5.74, 6) is 0. The number of nitrogens with one attached hydrogen (secondary N) is 1. The lowest BCUT2D eigenvalue weighted by molar-refractivity contribution is 0.490.